The number of carboxylic acid groups (broad SMARTS) is 1. The molecule has 1 saturated heterocycles. The van der Waals surface area contributed by atoms with Crippen LogP contribution in [0.4, 0.5) is 4.79 Å². The van der Waals surface area contributed by atoms with Gasteiger partial charge in [0, 0.05) is 0 Å². The monoisotopic (exact) mass is 1010 g/mol. The molecule has 0 saturated carbocycles. The number of aliphatic carboxylic acids is 1. The Bertz CT molecular complexity index is 2200. The highest BCUT2D eigenvalue weighted by Gasteiger charge is 2.64. The maximum atomic E-state index is 15.0. The highest BCUT2D eigenvalue weighted by atomic mass is 16.5. The first-order valence-corrected chi connectivity index (χ1v) is 26.1. The van der Waals surface area contributed by atoms with Crippen LogP contribution in [-0.4, -0.2) is 71.1 Å². The van der Waals surface area contributed by atoms with Crippen molar-refractivity contribution in [2.75, 3.05) is 19.8 Å². The molecule has 1 aromatic carbocycles. The molecule has 0 spiro atoms. The van der Waals surface area contributed by atoms with Crippen molar-refractivity contribution in [1.82, 2.24) is 15.5 Å². The fourth-order valence-corrected chi connectivity index (χ4v) is 11.5. The van der Waals surface area contributed by atoms with Gasteiger partial charge < -0.3 is 25.2 Å². The molecule has 13 nitrogen and oxygen atoms in total. The molecule has 1 aliphatic rings. The minimum Gasteiger partial charge on any atom is -0.481 e. The molecule has 0 aromatic heterocycles. The molecule has 1 aliphatic heterocycles. The average molecular weight is 1010 g/mol. The van der Waals surface area contributed by atoms with E-state index < -0.39 is 83.6 Å². The minimum absolute atomic E-state index is 0.0503. The van der Waals surface area contributed by atoms with Crippen LogP contribution in [0.15, 0.2) is 24.3 Å². The standard InChI is InChI=1S/C59H98N4O9/c1-25-71-46(69)59(24,38-52(12,13)56(20,21)57(22,44(66)67)36-48(2,3)4)55(18,19)50(8,9)34-41(40-28-26-39(27-29-40)35-63-43(65)54(16,17)62-47(63)70)53(14,15)51(10,11)37-58(23,49(5,6)7)45(68)72-33-32-61-42(64)30-31-60/h26-29,41H,25,30,32-38H2,1-24H3,(H,61,64)(H,62,70)(H,66,67). The minimum atomic E-state index is -1.15. The number of nitrogens with one attached hydrogen (secondary N) is 2. The summed E-state index contributed by atoms with van der Waals surface area (Å²) in [5, 5.41) is 25.3. The van der Waals surface area contributed by atoms with Gasteiger partial charge in [-0.1, -0.05) is 149 Å². The zero-order valence-electron chi connectivity index (χ0n) is 49.4. The number of carbonyl (C=O) groups is 6. The number of carbonyl (C=O) groups excluding carboxylic acids is 5. The quantitative estimate of drug-likeness (QED) is 0.0510. The lowest BCUT2D eigenvalue weighted by atomic mass is 9.43. The second-order valence-electron chi connectivity index (χ2n) is 28.3. The molecule has 408 valence electrons. The summed E-state index contributed by atoms with van der Waals surface area (Å²) >= 11 is 0. The van der Waals surface area contributed by atoms with E-state index >= 15 is 0 Å². The summed E-state index contributed by atoms with van der Waals surface area (Å²) in [6.45, 7) is 49.4. The van der Waals surface area contributed by atoms with Crippen LogP contribution < -0.4 is 10.6 Å². The maximum Gasteiger partial charge on any atom is 0.325 e. The van der Waals surface area contributed by atoms with Crippen molar-refractivity contribution in [3.05, 3.63) is 35.4 Å². The second-order valence-corrected chi connectivity index (χ2v) is 28.3. The number of ether oxygens (including phenoxy) is 2. The van der Waals surface area contributed by atoms with Crippen LogP contribution in [0.2, 0.25) is 0 Å². The van der Waals surface area contributed by atoms with Crippen LogP contribution >= 0.6 is 0 Å². The molecule has 0 aliphatic carbocycles. The van der Waals surface area contributed by atoms with Crippen molar-refractivity contribution in [2.45, 2.75) is 216 Å². The normalized spacial score (nSPS) is 18.2. The van der Waals surface area contributed by atoms with Gasteiger partial charge in [0.2, 0.25) is 5.91 Å². The number of benzene rings is 1. The number of amides is 4. The Kier molecular flexibility index (Phi) is 18.9. The van der Waals surface area contributed by atoms with E-state index in [9.17, 15) is 33.9 Å². The third-order valence-electron chi connectivity index (χ3n) is 19.3. The van der Waals surface area contributed by atoms with Gasteiger partial charge in [0.05, 0.1) is 42.0 Å². The van der Waals surface area contributed by atoms with Gasteiger partial charge >= 0.3 is 23.9 Å². The molecule has 13 heteroatoms. The number of hydrogen-bond acceptors (Lipinski definition) is 9. The molecule has 1 aromatic rings. The predicted octanol–water partition coefficient (Wildman–Crippen LogP) is 12.7. The van der Waals surface area contributed by atoms with Gasteiger partial charge in [-0.05, 0) is 128 Å². The van der Waals surface area contributed by atoms with Gasteiger partial charge in [-0.2, -0.15) is 5.26 Å². The number of esters is 2. The summed E-state index contributed by atoms with van der Waals surface area (Å²) < 4.78 is 12.0. The second kappa shape index (κ2) is 21.4. The lowest BCUT2D eigenvalue weighted by Gasteiger charge is -2.60. The zero-order chi connectivity index (χ0) is 56.5. The van der Waals surface area contributed by atoms with E-state index in [2.05, 4.69) is 113 Å². The van der Waals surface area contributed by atoms with Gasteiger partial charge in [0.1, 0.15) is 18.6 Å². The first-order chi connectivity index (χ1) is 32.1. The lowest BCUT2D eigenvalue weighted by molar-refractivity contribution is -0.186. The Hall–Kier alpha value is -4.47. The van der Waals surface area contributed by atoms with Gasteiger partial charge in [-0.25, -0.2) is 4.79 Å². The Morgan fingerprint density at radius 1 is 0.708 bits per heavy atom. The fourth-order valence-electron chi connectivity index (χ4n) is 11.5. The van der Waals surface area contributed by atoms with Crippen molar-refractivity contribution < 1.29 is 43.3 Å². The van der Waals surface area contributed by atoms with Gasteiger partial charge in [0.15, 0.2) is 0 Å². The summed E-state index contributed by atoms with van der Waals surface area (Å²) in [4.78, 5) is 82.2. The average Bonchev–Trinajstić information content (AvgIpc) is 3.40. The van der Waals surface area contributed by atoms with Gasteiger partial charge in [-0.3, -0.25) is 28.9 Å². The van der Waals surface area contributed by atoms with Crippen molar-refractivity contribution in [1.29, 1.82) is 5.26 Å². The van der Waals surface area contributed by atoms with Crippen LogP contribution in [0.25, 0.3) is 0 Å². The largest absolute Gasteiger partial charge is 0.481 e. The molecule has 1 fully saturated rings. The lowest BCUT2D eigenvalue weighted by Crippen LogP contribution is -2.58. The number of urea groups is 1. The summed E-state index contributed by atoms with van der Waals surface area (Å²) in [6, 6.07) is 9.45. The third-order valence-corrected chi connectivity index (χ3v) is 19.3. The van der Waals surface area contributed by atoms with Crippen molar-refractivity contribution in [2.24, 2.45) is 59.6 Å². The maximum absolute atomic E-state index is 15.0. The molecular weight excluding hydrogens is 909 g/mol. The molecular formula is C59H98N4O9. The Morgan fingerprint density at radius 2 is 1.19 bits per heavy atom. The smallest absolute Gasteiger partial charge is 0.325 e. The van der Waals surface area contributed by atoms with E-state index in [4.69, 9.17) is 14.7 Å². The topological polar surface area (TPSA) is 192 Å². The highest BCUT2D eigenvalue weighted by Crippen LogP contribution is 2.67. The number of rotatable bonds is 24. The Balaban J connectivity index is 2.93. The molecule has 1 heterocycles. The number of imide groups is 1. The van der Waals surface area contributed by atoms with Crippen LogP contribution in [0, 0.1) is 70.9 Å². The van der Waals surface area contributed by atoms with Gasteiger partial charge in [-0.15, -0.1) is 0 Å². The highest BCUT2D eigenvalue weighted by molar-refractivity contribution is 6.06. The molecule has 4 amide bonds. The Labute approximate surface area is 435 Å². The van der Waals surface area contributed by atoms with Crippen LogP contribution in [0.3, 0.4) is 0 Å². The van der Waals surface area contributed by atoms with E-state index in [1.807, 2.05) is 80.5 Å². The van der Waals surface area contributed by atoms with Crippen LogP contribution in [0.1, 0.15) is 215 Å². The molecule has 4 atom stereocenters. The van der Waals surface area contributed by atoms with Crippen molar-refractivity contribution >= 4 is 35.8 Å². The van der Waals surface area contributed by atoms with E-state index in [-0.39, 0.29) is 55.9 Å². The SMILES string of the molecule is CCOC(=O)C(C)(CC(C)(C)C(C)(C)C(C)(CC(C)(C)C)C(=O)O)C(C)(C)C(C)(C)CC(c1ccc(CN2C(=O)NC(C)(C)C2=O)cc1)C(C)(C)C(C)(C)CC(C)(C(=O)OCCNC(=O)CC#N)C(C)(C)C. The number of hydrogen-bond donors (Lipinski definition) is 3. The number of nitriles is 1. The van der Waals surface area contributed by atoms with E-state index in [1.165, 1.54) is 4.90 Å². The first kappa shape index (κ1) is 63.6. The zero-order valence-corrected chi connectivity index (χ0v) is 49.4. The third kappa shape index (κ3) is 12.7. The molecule has 3 N–H and O–H groups in total. The predicted molar refractivity (Wildman–Crippen MR) is 285 cm³/mol. The molecule has 72 heavy (non-hydrogen) atoms. The van der Waals surface area contributed by atoms with Crippen molar-refractivity contribution in [3.63, 3.8) is 0 Å². The van der Waals surface area contributed by atoms with E-state index in [0.29, 0.717) is 25.7 Å². The fraction of sp³-hybridized carbons (Fsp3) is 0.780. The molecule has 0 bridgehead atoms. The summed E-state index contributed by atoms with van der Waals surface area (Å²) in [6.07, 6.45) is 1.44. The summed E-state index contributed by atoms with van der Waals surface area (Å²) in [5.41, 5.74) is -7.54. The molecule has 0 radical (unpaired) electrons. The van der Waals surface area contributed by atoms with E-state index in [1.54, 1.807) is 13.8 Å². The van der Waals surface area contributed by atoms with E-state index in [0.717, 1.165) is 11.1 Å². The summed E-state index contributed by atoms with van der Waals surface area (Å²) in [7, 11) is 0. The molecule has 2 rings (SSSR count). The van der Waals surface area contributed by atoms with Gasteiger partial charge in [0.25, 0.3) is 5.91 Å². The van der Waals surface area contributed by atoms with Crippen molar-refractivity contribution in [3.8, 4) is 6.07 Å². The molecule has 4 unspecified atom stereocenters. The first-order valence-electron chi connectivity index (χ1n) is 26.1. The van der Waals surface area contributed by atoms with Crippen LogP contribution in [0.5, 0.6) is 0 Å². The summed E-state index contributed by atoms with van der Waals surface area (Å²) in [5.74, 6) is -2.57. The number of carboxylic acids is 1. The Morgan fingerprint density at radius 3 is 1.62 bits per heavy atom. The van der Waals surface area contributed by atoms with Crippen LogP contribution in [-0.2, 0) is 40.0 Å². The number of nitrogens with zero attached hydrogens (tertiary/aromatic N) is 2.